The minimum absolute atomic E-state index is 0.136. The molecule has 4 nitrogen and oxygen atoms in total. The van der Waals surface area contributed by atoms with Gasteiger partial charge in [0.15, 0.2) is 11.9 Å². The normalized spacial score (nSPS) is 31.9. The smallest absolute Gasteiger partial charge is 0.383 e. The van der Waals surface area contributed by atoms with Gasteiger partial charge in [-0.15, -0.1) is 0 Å². The summed E-state index contributed by atoms with van der Waals surface area (Å²) in [6, 6.07) is 0. The van der Waals surface area contributed by atoms with E-state index < -0.39 is 18.7 Å². The zero-order chi connectivity index (χ0) is 13.6. The van der Waals surface area contributed by atoms with Crippen molar-refractivity contribution in [3.05, 3.63) is 11.7 Å². The maximum Gasteiger partial charge on any atom is 0.414 e. The average molecular weight is 276 g/mol. The molecule has 0 saturated heterocycles. The lowest BCUT2D eigenvalue weighted by atomic mass is 9.88. The van der Waals surface area contributed by atoms with E-state index >= 15 is 0 Å². The van der Waals surface area contributed by atoms with Crippen LogP contribution in [-0.4, -0.2) is 27.5 Å². The highest BCUT2D eigenvalue weighted by molar-refractivity contribution is 5.06. The molecule has 2 aliphatic carbocycles. The highest BCUT2D eigenvalue weighted by Crippen LogP contribution is 2.52. The number of alkyl halides is 3. The predicted octanol–water partition coefficient (Wildman–Crippen LogP) is 2.44. The number of aliphatic hydroxyl groups is 1. The van der Waals surface area contributed by atoms with Crippen LogP contribution in [0.2, 0.25) is 0 Å². The summed E-state index contributed by atoms with van der Waals surface area (Å²) in [7, 11) is 0. The molecule has 0 radical (unpaired) electrons. The molecule has 1 aromatic heterocycles. The molecule has 2 fully saturated rings. The molecule has 0 aliphatic heterocycles. The second-order valence-corrected chi connectivity index (χ2v) is 5.59. The Hall–Kier alpha value is -1.11. The standard InChI is InChI=1S/C12H15F3N2O2/c13-12(14,15)9(18)5-10-16-11(17-19-10)8-4-6-1-2-7(8)3-6/h6-9,18H,1-5H2. The highest BCUT2D eigenvalue weighted by Gasteiger charge is 2.43. The van der Waals surface area contributed by atoms with Crippen molar-refractivity contribution in [2.24, 2.45) is 11.8 Å². The van der Waals surface area contributed by atoms with Crippen LogP contribution in [0.1, 0.15) is 43.3 Å². The van der Waals surface area contributed by atoms with Gasteiger partial charge in [-0.1, -0.05) is 11.6 Å². The molecule has 0 aromatic carbocycles. The third-order valence-corrected chi connectivity index (χ3v) is 4.30. The SMILES string of the molecule is OC(Cc1nc(C2CC3CCC2C3)no1)C(F)(F)F. The molecule has 3 rings (SSSR count). The molecule has 106 valence electrons. The molecule has 7 heteroatoms. The molecule has 1 heterocycles. The van der Waals surface area contributed by atoms with E-state index in [-0.39, 0.29) is 11.8 Å². The molecule has 4 unspecified atom stereocenters. The van der Waals surface area contributed by atoms with Crippen molar-refractivity contribution in [3.63, 3.8) is 0 Å². The van der Waals surface area contributed by atoms with E-state index in [4.69, 9.17) is 9.63 Å². The topological polar surface area (TPSA) is 59.2 Å². The zero-order valence-corrected chi connectivity index (χ0v) is 10.2. The van der Waals surface area contributed by atoms with E-state index in [9.17, 15) is 13.2 Å². The van der Waals surface area contributed by atoms with Crippen LogP contribution in [0, 0.1) is 11.8 Å². The first-order valence-electron chi connectivity index (χ1n) is 6.50. The van der Waals surface area contributed by atoms with Gasteiger partial charge in [0.1, 0.15) is 0 Å². The van der Waals surface area contributed by atoms with Gasteiger partial charge in [0.2, 0.25) is 5.89 Å². The molecule has 19 heavy (non-hydrogen) atoms. The van der Waals surface area contributed by atoms with Crippen LogP contribution < -0.4 is 0 Å². The van der Waals surface area contributed by atoms with E-state index in [1.54, 1.807) is 0 Å². The molecule has 1 aromatic rings. The van der Waals surface area contributed by atoms with Crippen molar-refractivity contribution < 1.29 is 22.8 Å². The van der Waals surface area contributed by atoms with Crippen LogP contribution in [-0.2, 0) is 6.42 Å². The van der Waals surface area contributed by atoms with E-state index in [0.29, 0.717) is 17.7 Å². The van der Waals surface area contributed by atoms with Gasteiger partial charge in [-0.2, -0.15) is 18.2 Å². The maximum absolute atomic E-state index is 12.2. The molecule has 0 spiro atoms. The fourth-order valence-electron chi connectivity index (χ4n) is 3.34. The van der Waals surface area contributed by atoms with Gasteiger partial charge in [-0.3, -0.25) is 0 Å². The number of halogens is 3. The lowest BCUT2D eigenvalue weighted by Gasteiger charge is -2.17. The Morgan fingerprint density at radius 1 is 1.32 bits per heavy atom. The molecule has 2 bridgehead atoms. The number of aromatic nitrogens is 2. The summed E-state index contributed by atoms with van der Waals surface area (Å²) in [5.41, 5.74) is 0. The summed E-state index contributed by atoms with van der Waals surface area (Å²) in [5.74, 6) is 1.85. The summed E-state index contributed by atoms with van der Waals surface area (Å²) in [6.07, 6.45) is -3.21. The zero-order valence-electron chi connectivity index (χ0n) is 10.2. The van der Waals surface area contributed by atoms with Gasteiger partial charge < -0.3 is 9.63 Å². The second-order valence-electron chi connectivity index (χ2n) is 5.59. The monoisotopic (exact) mass is 276 g/mol. The van der Waals surface area contributed by atoms with Gasteiger partial charge >= 0.3 is 6.18 Å². The lowest BCUT2D eigenvalue weighted by molar-refractivity contribution is -0.204. The molecule has 1 N–H and O–H groups in total. The lowest BCUT2D eigenvalue weighted by Crippen LogP contribution is -2.30. The van der Waals surface area contributed by atoms with Crippen molar-refractivity contribution in [1.82, 2.24) is 10.1 Å². The largest absolute Gasteiger partial charge is 0.414 e. The fraction of sp³-hybridized carbons (Fsp3) is 0.833. The summed E-state index contributed by atoms with van der Waals surface area (Å²) in [5, 5.41) is 12.8. The van der Waals surface area contributed by atoms with Crippen molar-refractivity contribution in [2.45, 2.75) is 50.3 Å². The first-order chi connectivity index (χ1) is 8.93. The van der Waals surface area contributed by atoms with E-state index in [2.05, 4.69) is 10.1 Å². The van der Waals surface area contributed by atoms with Gasteiger partial charge in [0.05, 0.1) is 6.42 Å². The third kappa shape index (κ3) is 2.48. The first-order valence-corrected chi connectivity index (χ1v) is 6.50. The Balaban J connectivity index is 1.67. The van der Waals surface area contributed by atoms with Crippen LogP contribution >= 0.6 is 0 Å². The van der Waals surface area contributed by atoms with Crippen LogP contribution in [0.3, 0.4) is 0 Å². The number of hydrogen-bond acceptors (Lipinski definition) is 4. The summed E-state index contributed by atoms with van der Waals surface area (Å²) < 4.78 is 41.5. The molecule has 4 atom stereocenters. The number of nitrogens with zero attached hydrogens (tertiary/aromatic N) is 2. The first kappa shape index (κ1) is 12.9. The Bertz CT molecular complexity index is 460. The minimum Gasteiger partial charge on any atom is -0.383 e. The van der Waals surface area contributed by atoms with Gasteiger partial charge in [-0.05, 0) is 31.1 Å². The second kappa shape index (κ2) is 4.47. The molecule has 0 amide bonds. The minimum atomic E-state index is -4.65. The van der Waals surface area contributed by atoms with Gasteiger partial charge in [-0.25, -0.2) is 0 Å². The van der Waals surface area contributed by atoms with Crippen molar-refractivity contribution in [3.8, 4) is 0 Å². The van der Waals surface area contributed by atoms with E-state index in [0.717, 1.165) is 12.8 Å². The van der Waals surface area contributed by atoms with Crippen LogP contribution in [0.4, 0.5) is 13.2 Å². The molecule has 2 saturated carbocycles. The predicted molar refractivity (Wildman–Crippen MR) is 58.3 cm³/mol. The highest BCUT2D eigenvalue weighted by atomic mass is 19.4. The van der Waals surface area contributed by atoms with Crippen LogP contribution in [0.25, 0.3) is 0 Å². The number of aliphatic hydroxyl groups excluding tert-OH is 1. The van der Waals surface area contributed by atoms with Crippen LogP contribution in [0.5, 0.6) is 0 Å². The third-order valence-electron chi connectivity index (χ3n) is 4.30. The Morgan fingerprint density at radius 2 is 2.11 bits per heavy atom. The molecular weight excluding hydrogens is 261 g/mol. The van der Waals surface area contributed by atoms with Crippen molar-refractivity contribution in [2.75, 3.05) is 0 Å². The van der Waals surface area contributed by atoms with E-state index in [1.807, 2.05) is 0 Å². The van der Waals surface area contributed by atoms with E-state index in [1.165, 1.54) is 12.8 Å². The summed E-state index contributed by atoms with van der Waals surface area (Å²) in [4.78, 5) is 4.03. The number of rotatable bonds is 3. The number of fused-ring (bicyclic) bond motifs is 2. The maximum atomic E-state index is 12.2. The van der Waals surface area contributed by atoms with Crippen molar-refractivity contribution in [1.29, 1.82) is 0 Å². The van der Waals surface area contributed by atoms with Gasteiger partial charge in [0.25, 0.3) is 0 Å². The summed E-state index contributed by atoms with van der Waals surface area (Å²) in [6.45, 7) is 0. The van der Waals surface area contributed by atoms with Crippen LogP contribution in [0.15, 0.2) is 4.52 Å². The Morgan fingerprint density at radius 3 is 2.68 bits per heavy atom. The Labute approximate surface area is 108 Å². The van der Waals surface area contributed by atoms with Gasteiger partial charge in [0, 0.05) is 5.92 Å². The summed E-state index contributed by atoms with van der Waals surface area (Å²) >= 11 is 0. The number of hydrogen-bond donors (Lipinski definition) is 1. The fourth-order valence-corrected chi connectivity index (χ4v) is 3.34. The molecular formula is C12H15F3N2O2. The Kier molecular flexibility index (Phi) is 3.03. The quantitative estimate of drug-likeness (QED) is 0.921. The molecule has 2 aliphatic rings. The average Bonchev–Trinajstić information content (AvgIpc) is 3.02. The van der Waals surface area contributed by atoms with Crippen molar-refractivity contribution >= 4 is 0 Å².